The van der Waals surface area contributed by atoms with Gasteiger partial charge in [-0.2, -0.15) is 0 Å². The Labute approximate surface area is 170 Å². The fourth-order valence-electron chi connectivity index (χ4n) is 3.19. The Bertz CT molecular complexity index is 997. The van der Waals surface area contributed by atoms with E-state index in [4.69, 9.17) is 11.6 Å². The van der Waals surface area contributed by atoms with E-state index in [1.807, 2.05) is 0 Å². The van der Waals surface area contributed by atoms with E-state index in [0.29, 0.717) is 12.0 Å². The first-order chi connectivity index (χ1) is 13.8. The smallest absolute Gasteiger partial charge is 0.323 e. The van der Waals surface area contributed by atoms with Crippen molar-refractivity contribution in [3.63, 3.8) is 0 Å². The lowest BCUT2D eigenvalue weighted by atomic mass is 9.87. The summed E-state index contributed by atoms with van der Waals surface area (Å²) < 4.78 is 0. The van der Waals surface area contributed by atoms with E-state index in [1.165, 1.54) is 12.1 Å². The maximum atomic E-state index is 13.0. The Morgan fingerprint density at radius 3 is 2.55 bits per heavy atom. The van der Waals surface area contributed by atoms with E-state index in [2.05, 4.69) is 10.6 Å². The van der Waals surface area contributed by atoms with Crippen molar-refractivity contribution < 1.29 is 19.3 Å². The molecular formula is C19H17ClN4O5. The summed E-state index contributed by atoms with van der Waals surface area (Å²) in [4.78, 5) is 48.9. The number of rotatable bonds is 6. The first kappa shape index (κ1) is 20.3. The SMILES string of the molecule is CC[C@@]1(c2ccccc2)NC(=O)N(CC(=O)Nc2cc([N+](=O)[O-])ccc2Cl)C1=O. The summed E-state index contributed by atoms with van der Waals surface area (Å²) in [6.07, 6.45) is 0.302. The predicted molar refractivity (Wildman–Crippen MR) is 105 cm³/mol. The van der Waals surface area contributed by atoms with Gasteiger partial charge in [-0.25, -0.2) is 4.79 Å². The second kappa shape index (κ2) is 7.88. The topological polar surface area (TPSA) is 122 Å². The number of nitro groups is 1. The number of carbonyl (C=O) groups excluding carboxylic acids is 3. The molecule has 1 aliphatic heterocycles. The molecule has 2 aromatic rings. The number of nitro benzene ring substituents is 1. The van der Waals surface area contributed by atoms with Crippen molar-refractivity contribution in [1.29, 1.82) is 0 Å². The number of nitrogens with zero attached hydrogens (tertiary/aromatic N) is 2. The third kappa shape index (κ3) is 3.77. The average molecular weight is 417 g/mol. The average Bonchev–Trinajstić information content (AvgIpc) is 2.95. The molecule has 2 N–H and O–H groups in total. The summed E-state index contributed by atoms with van der Waals surface area (Å²) in [5.41, 5.74) is -0.871. The highest BCUT2D eigenvalue weighted by molar-refractivity contribution is 6.33. The maximum absolute atomic E-state index is 13.0. The zero-order chi connectivity index (χ0) is 21.2. The van der Waals surface area contributed by atoms with E-state index < -0.39 is 34.9 Å². The van der Waals surface area contributed by atoms with Crippen LogP contribution in [0, 0.1) is 10.1 Å². The number of benzene rings is 2. The standard InChI is InChI=1S/C19H17ClN4O5/c1-2-19(12-6-4-3-5-7-12)17(26)23(18(27)22-19)11-16(25)21-15-10-13(24(28)29)8-9-14(15)20/h3-10H,2,11H2,1H3,(H,21,25)(H,22,27)/t19-/m0/s1. The van der Waals surface area contributed by atoms with Gasteiger partial charge in [0.2, 0.25) is 5.91 Å². The fraction of sp³-hybridized carbons (Fsp3) is 0.211. The molecule has 10 heteroatoms. The van der Waals surface area contributed by atoms with Gasteiger partial charge in [-0.3, -0.25) is 24.6 Å². The molecule has 0 saturated carbocycles. The molecule has 0 aromatic heterocycles. The number of imide groups is 1. The Balaban J connectivity index is 1.79. The second-order valence-corrected chi connectivity index (χ2v) is 6.82. The molecule has 2 aromatic carbocycles. The van der Waals surface area contributed by atoms with Gasteiger partial charge in [-0.05, 0) is 18.1 Å². The van der Waals surface area contributed by atoms with Crippen LogP contribution >= 0.6 is 11.6 Å². The van der Waals surface area contributed by atoms with Gasteiger partial charge < -0.3 is 10.6 Å². The van der Waals surface area contributed by atoms with Gasteiger partial charge in [0, 0.05) is 12.1 Å². The Hall–Kier alpha value is -3.46. The van der Waals surface area contributed by atoms with Crippen LogP contribution in [0.15, 0.2) is 48.5 Å². The molecule has 0 spiro atoms. The first-order valence-corrected chi connectivity index (χ1v) is 9.09. The quantitative estimate of drug-likeness (QED) is 0.425. The van der Waals surface area contributed by atoms with Crippen LogP contribution in [0.25, 0.3) is 0 Å². The summed E-state index contributed by atoms with van der Waals surface area (Å²) >= 11 is 5.97. The molecule has 0 bridgehead atoms. The lowest BCUT2D eigenvalue weighted by molar-refractivity contribution is -0.384. The molecule has 1 heterocycles. The predicted octanol–water partition coefficient (Wildman–Crippen LogP) is 3.04. The van der Waals surface area contributed by atoms with E-state index in [0.717, 1.165) is 11.0 Å². The van der Waals surface area contributed by atoms with Crippen LogP contribution in [0.3, 0.4) is 0 Å². The lowest BCUT2D eigenvalue weighted by Crippen LogP contribution is -2.44. The Kier molecular flexibility index (Phi) is 5.51. The van der Waals surface area contributed by atoms with Crippen molar-refractivity contribution in [2.45, 2.75) is 18.9 Å². The molecule has 1 fully saturated rings. The highest BCUT2D eigenvalue weighted by Crippen LogP contribution is 2.32. The van der Waals surface area contributed by atoms with Crippen LogP contribution in [0.1, 0.15) is 18.9 Å². The number of halogens is 1. The summed E-state index contributed by atoms with van der Waals surface area (Å²) in [6, 6.07) is 11.7. The van der Waals surface area contributed by atoms with Crippen LogP contribution in [0.2, 0.25) is 5.02 Å². The van der Waals surface area contributed by atoms with Crippen molar-refractivity contribution in [2.24, 2.45) is 0 Å². The Morgan fingerprint density at radius 2 is 1.93 bits per heavy atom. The van der Waals surface area contributed by atoms with Crippen LogP contribution in [-0.4, -0.2) is 34.2 Å². The highest BCUT2D eigenvalue weighted by Gasteiger charge is 2.51. The molecule has 0 aliphatic carbocycles. The molecule has 1 atom stereocenters. The van der Waals surface area contributed by atoms with Crippen LogP contribution in [0.4, 0.5) is 16.2 Å². The molecule has 29 heavy (non-hydrogen) atoms. The third-order valence-corrected chi connectivity index (χ3v) is 5.04. The van der Waals surface area contributed by atoms with Gasteiger partial charge in [0.1, 0.15) is 12.1 Å². The van der Waals surface area contributed by atoms with Crippen molar-refractivity contribution >= 4 is 40.8 Å². The minimum absolute atomic E-state index is 0.0164. The molecule has 9 nitrogen and oxygen atoms in total. The Morgan fingerprint density at radius 1 is 1.24 bits per heavy atom. The van der Waals surface area contributed by atoms with Gasteiger partial charge in [0.15, 0.2) is 0 Å². The highest BCUT2D eigenvalue weighted by atomic mass is 35.5. The summed E-state index contributed by atoms with van der Waals surface area (Å²) in [5, 5.41) is 16.1. The molecular weight excluding hydrogens is 400 g/mol. The van der Waals surface area contributed by atoms with Gasteiger partial charge in [-0.1, -0.05) is 48.9 Å². The second-order valence-electron chi connectivity index (χ2n) is 6.42. The molecule has 1 aliphatic rings. The number of hydrogen-bond acceptors (Lipinski definition) is 5. The zero-order valence-corrected chi connectivity index (χ0v) is 16.1. The minimum atomic E-state index is -1.25. The molecule has 4 amide bonds. The number of carbonyl (C=O) groups is 3. The number of anilines is 1. The normalized spacial score (nSPS) is 18.5. The molecule has 3 rings (SSSR count). The summed E-state index contributed by atoms with van der Waals surface area (Å²) in [7, 11) is 0. The number of non-ortho nitro benzene ring substituents is 1. The largest absolute Gasteiger partial charge is 0.325 e. The van der Waals surface area contributed by atoms with Crippen molar-refractivity contribution in [2.75, 3.05) is 11.9 Å². The maximum Gasteiger partial charge on any atom is 0.325 e. The third-order valence-electron chi connectivity index (χ3n) is 4.71. The molecule has 150 valence electrons. The zero-order valence-electron chi connectivity index (χ0n) is 15.3. The monoisotopic (exact) mass is 416 g/mol. The van der Waals surface area contributed by atoms with Crippen LogP contribution in [0.5, 0.6) is 0 Å². The van der Waals surface area contributed by atoms with Crippen LogP contribution in [-0.2, 0) is 15.1 Å². The van der Waals surface area contributed by atoms with E-state index in [9.17, 15) is 24.5 Å². The van der Waals surface area contributed by atoms with E-state index in [1.54, 1.807) is 37.3 Å². The molecule has 0 radical (unpaired) electrons. The van der Waals surface area contributed by atoms with Crippen molar-refractivity contribution in [1.82, 2.24) is 10.2 Å². The number of nitrogens with one attached hydrogen (secondary N) is 2. The van der Waals surface area contributed by atoms with E-state index in [-0.39, 0.29) is 16.4 Å². The van der Waals surface area contributed by atoms with Crippen LogP contribution < -0.4 is 10.6 Å². The summed E-state index contributed by atoms with van der Waals surface area (Å²) in [6.45, 7) is 1.20. The van der Waals surface area contributed by atoms with E-state index >= 15 is 0 Å². The fourth-order valence-corrected chi connectivity index (χ4v) is 3.35. The minimum Gasteiger partial charge on any atom is -0.323 e. The first-order valence-electron chi connectivity index (χ1n) is 8.72. The molecule has 1 saturated heterocycles. The van der Waals surface area contributed by atoms with Gasteiger partial charge >= 0.3 is 6.03 Å². The van der Waals surface area contributed by atoms with Crippen molar-refractivity contribution in [3.8, 4) is 0 Å². The molecule has 0 unspecified atom stereocenters. The van der Waals surface area contributed by atoms with Gasteiger partial charge in [-0.15, -0.1) is 0 Å². The number of urea groups is 1. The number of hydrogen-bond donors (Lipinski definition) is 2. The van der Waals surface area contributed by atoms with Crippen molar-refractivity contribution in [3.05, 3.63) is 69.2 Å². The van der Waals surface area contributed by atoms with Gasteiger partial charge in [0.05, 0.1) is 15.6 Å². The number of amides is 4. The lowest BCUT2D eigenvalue weighted by Gasteiger charge is -2.25. The van der Waals surface area contributed by atoms with Gasteiger partial charge in [0.25, 0.3) is 11.6 Å². The summed E-state index contributed by atoms with van der Waals surface area (Å²) in [5.74, 6) is -1.26.